The summed E-state index contributed by atoms with van der Waals surface area (Å²) in [5.74, 6) is -0.594. The second kappa shape index (κ2) is 7.18. The van der Waals surface area contributed by atoms with Gasteiger partial charge in [0.25, 0.3) is 0 Å². The maximum atomic E-state index is 13.1. The number of para-hydroxylation sites is 1. The number of amides is 1. The van der Waals surface area contributed by atoms with Crippen molar-refractivity contribution < 1.29 is 18.0 Å². The van der Waals surface area contributed by atoms with Gasteiger partial charge in [0.15, 0.2) is 0 Å². The molecule has 0 aliphatic heterocycles. The predicted octanol–water partition coefficient (Wildman–Crippen LogP) is 3.61. The number of rotatable bonds is 4. The lowest BCUT2D eigenvalue weighted by molar-refractivity contribution is -0.137. The average Bonchev–Trinajstić information content (AvgIpc) is 3.06. The van der Waals surface area contributed by atoms with Gasteiger partial charge in [0.05, 0.1) is 5.56 Å². The highest BCUT2D eigenvalue weighted by molar-refractivity contribution is 5.92. The lowest BCUT2D eigenvalue weighted by Crippen LogP contribution is -2.21. The van der Waals surface area contributed by atoms with Crippen LogP contribution in [0.5, 0.6) is 0 Å². The fourth-order valence-corrected chi connectivity index (χ4v) is 2.66. The van der Waals surface area contributed by atoms with Crippen molar-refractivity contribution in [3.05, 3.63) is 59.2 Å². The van der Waals surface area contributed by atoms with Crippen LogP contribution >= 0.6 is 0 Å². The highest BCUT2D eigenvalue weighted by Crippen LogP contribution is 2.35. The topological polar surface area (TPSA) is 72.7 Å². The largest absolute Gasteiger partial charge is 0.417 e. The Morgan fingerprint density at radius 3 is 2.41 bits per heavy atom. The van der Waals surface area contributed by atoms with Crippen LogP contribution in [0.25, 0.3) is 11.4 Å². The minimum Gasteiger partial charge on any atom is -0.324 e. The summed E-state index contributed by atoms with van der Waals surface area (Å²) in [6, 6.07) is 10.6. The second-order valence-electron chi connectivity index (χ2n) is 6.00. The minimum atomic E-state index is -4.54. The van der Waals surface area contributed by atoms with Crippen molar-refractivity contribution in [3.63, 3.8) is 0 Å². The third kappa shape index (κ3) is 4.13. The molecule has 0 aliphatic carbocycles. The molecule has 1 heterocycles. The fraction of sp³-hybridized carbons (Fsp3) is 0.222. The molecule has 0 aliphatic rings. The van der Waals surface area contributed by atoms with E-state index in [2.05, 4.69) is 20.7 Å². The first-order valence-electron chi connectivity index (χ1n) is 8.06. The molecule has 27 heavy (non-hydrogen) atoms. The highest BCUT2D eigenvalue weighted by Gasteiger charge is 2.34. The normalized spacial score (nSPS) is 11.4. The lowest BCUT2D eigenvalue weighted by atomic mass is 10.1. The van der Waals surface area contributed by atoms with Crippen molar-refractivity contribution in [2.75, 3.05) is 5.32 Å². The Labute approximate surface area is 153 Å². The number of hydrogen-bond donors (Lipinski definition) is 1. The van der Waals surface area contributed by atoms with E-state index < -0.39 is 17.6 Å². The summed E-state index contributed by atoms with van der Waals surface area (Å²) in [4.78, 5) is 13.2. The van der Waals surface area contributed by atoms with Gasteiger partial charge in [0.1, 0.15) is 6.54 Å². The van der Waals surface area contributed by atoms with E-state index in [0.29, 0.717) is 5.69 Å². The van der Waals surface area contributed by atoms with Crippen LogP contribution in [0.1, 0.15) is 16.7 Å². The molecule has 1 N–H and O–H groups in total. The molecule has 0 radical (unpaired) electrons. The SMILES string of the molecule is Cc1cccc(C)c1NC(=O)Cn1nnc(-c2ccccc2C(F)(F)F)n1. The van der Waals surface area contributed by atoms with Crippen molar-refractivity contribution in [1.82, 2.24) is 20.2 Å². The summed E-state index contributed by atoms with van der Waals surface area (Å²) >= 11 is 0. The van der Waals surface area contributed by atoms with Crippen LogP contribution in [0.3, 0.4) is 0 Å². The zero-order valence-electron chi connectivity index (χ0n) is 14.6. The molecule has 0 fully saturated rings. The number of halogens is 3. The molecule has 0 saturated carbocycles. The molecule has 0 unspecified atom stereocenters. The number of alkyl halides is 3. The van der Waals surface area contributed by atoms with E-state index in [4.69, 9.17) is 0 Å². The Morgan fingerprint density at radius 2 is 1.74 bits per heavy atom. The number of aryl methyl sites for hydroxylation is 2. The second-order valence-corrected chi connectivity index (χ2v) is 6.00. The quantitative estimate of drug-likeness (QED) is 0.756. The number of carbonyl (C=O) groups excluding carboxylic acids is 1. The summed E-state index contributed by atoms with van der Waals surface area (Å²) in [6.07, 6.45) is -4.54. The summed E-state index contributed by atoms with van der Waals surface area (Å²) < 4.78 is 39.4. The number of hydrogen-bond acceptors (Lipinski definition) is 4. The van der Waals surface area contributed by atoms with Gasteiger partial charge in [-0.3, -0.25) is 4.79 Å². The number of nitrogens with zero attached hydrogens (tertiary/aromatic N) is 4. The molecule has 9 heteroatoms. The van der Waals surface area contributed by atoms with Crippen molar-refractivity contribution in [1.29, 1.82) is 0 Å². The van der Waals surface area contributed by atoms with Gasteiger partial charge in [0, 0.05) is 11.3 Å². The first-order valence-corrected chi connectivity index (χ1v) is 8.06. The summed E-state index contributed by atoms with van der Waals surface area (Å²) in [5, 5.41) is 14.0. The van der Waals surface area contributed by atoms with E-state index in [9.17, 15) is 18.0 Å². The number of anilines is 1. The molecule has 1 aromatic heterocycles. The van der Waals surface area contributed by atoms with Gasteiger partial charge in [-0.15, -0.1) is 10.2 Å². The summed E-state index contributed by atoms with van der Waals surface area (Å²) in [7, 11) is 0. The predicted molar refractivity (Wildman–Crippen MR) is 92.8 cm³/mol. The molecule has 3 aromatic rings. The third-order valence-electron chi connectivity index (χ3n) is 3.96. The van der Waals surface area contributed by atoms with Gasteiger partial charge in [-0.2, -0.15) is 18.0 Å². The Morgan fingerprint density at radius 1 is 1.07 bits per heavy atom. The van der Waals surface area contributed by atoms with Gasteiger partial charge in [-0.25, -0.2) is 0 Å². The van der Waals surface area contributed by atoms with Crippen LogP contribution in [0.15, 0.2) is 42.5 Å². The molecule has 0 spiro atoms. The Hall–Kier alpha value is -3.23. The van der Waals surface area contributed by atoms with E-state index in [-0.39, 0.29) is 17.9 Å². The average molecular weight is 375 g/mol. The number of nitrogens with one attached hydrogen (secondary N) is 1. The summed E-state index contributed by atoms with van der Waals surface area (Å²) in [6.45, 7) is 3.46. The van der Waals surface area contributed by atoms with Gasteiger partial charge in [-0.1, -0.05) is 36.4 Å². The zero-order valence-corrected chi connectivity index (χ0v) is 14.6. The molecule has 6 nitrogen and oxygen atoms in total. The molecule has 2 aromatic carbocycles. The van der Waals surface area contributed by atoms with Crippen LogP contribution in [0, 0.1) is 13.8 Å². The van der Waals surface area contributed by atoms with Crippen molar-refractivity contribution in [2.24, 2.45) is 0 Å². The van der Waals surface area contributed by atoms with Crippen LogP contribution < -0.4 is 5.32 Å². The number of carbonyl (C=O) groups is 1. The lowest BCUT2D eigenvalue weighted by Gasteiger charge is -2.11. The Balaban J connectivity index is 1.79. The fourth-order valence-electron chi connectivity index (χ4n) is 2.66. The molecule has 0 saturated heterocycles. The molecule has 1 amide bonds. The van der Waals surface area contributed by atoms with Crippen LogP contribution in [-0.2, 0) is 17.5 Å². The minimum absolute atomic E-state index is 0.189. The third-order valence-corrected chi connectivity index (χ3v) is 3.96. The highest BCUT2D eigenvalue weighted by atomic mass is 19.4. The maximum Gasteiger partial charge on any atom is 0.417 e. The molecule has 0 bridgehead atoms. The number of benzene rings is 2. The molecular weight excluding hydrogens is 359 g/mol. The van der Waals surface area contributed by atoms with Crippen LogP contribution in [0.2, 0.25) is 0 Å². The summed E-state index contributed by atoms with van der Waals surface area (Å²) in [5.41, 5.74) is 1.44. The van der Waals surface area contributed by atoms with E-state index >= 15 is 0 Å². The van der Waals surface area contributed by atoms with Gasteiger partial charge in [0.2, 0.25) is 11.7 Å². The van der Waals surface area contributed by atoms with Crippen LogP contribution in [0.4, 0.5) is 18.9 Å². The molecular formula is C18H16F3N5O. The standard InChI is InChI=1S/C18H16F3N5O/c1-11-6-5-7-12(2)16(11)22-15(27)10-26-24-17(23-25-26)13-8-3-4-9-14(13)18(19,20)21/h3-9H,10H2,1-2H3,(H,22,27). The van der Waals surface area contributed by atoms with Crippen molar-refractivity contribution >= 4 is 11.6 Å². The molecule has 0 atom stereocenters. The van der Waals surface area contributed by atoms with E-state index in [1.54, 1.807) is 0 Å². The first kappa shape index (κ1) is 18.6. The van der Waals surface area contributed by atoms with E-state index in [1.807, 2.05) is 32.0 Å². The number of aromatic nitrogens is 4. The smallest absolute Gasteiger partial charge is 0.324 e. The maximum absolute atomic E-state index is 13.1. The first-order chi connectivity index (χ1) is 12.8. The van der Waals surface area contributed by atoms with Gasteiger partial charge in [-0.05, 0) is 36.3 Å². The number of tetrazole rings is 1. The zero-order chi connectivity index (χ0) is 19.6. The van der Waals surface area contributed by atoms with E-state index in [1.165, 1.54) is 18.2 Å². The van der Waals surface area contributed by atoms with Gasteiger partial charge < -0.3 is 5.32 Å². The van der Waals surface area contributed by atoms with Crippen molar-refractivity contribution in [2.45, 2.75) is 26.6 Å². The molecule has 3 rings (SSSR count). The Bertz CT molecular complexity index is 961. The van der Waals surface area contributed by atoms with Crippen LogP contribution in [-0.4, -0.2) is 26.1 Å². The van der Waals surface area contributed by atoms with E-state index in [0.717, 1.165) is 22.0 Å². The van der Waals surface area contributed by atoms with Crippen molar-refractivity contribution in [3.8, 4) is 11.4 Å². The van der Waals surface area contributed by atoms with Gasteiger partial charge >= 0.3 is 6.18 Å². The monoisotopic (exact) mass is 375 g/mol. The Kier molecular flexibility index (Phi) is 4.93. The molecule has 140 valence electrons.